The molecule has 0 radical (unpaired) electrons. The number of nitrogens with zero attached hydrogens (tertiary/aromatic N) is 2. The minimum absolute atomic E-state index is 0.0145. The molecule has 114 valence electrons. The van der Waals surface area contributed by atoms with Crippen molar-refractivity contribution in [2.24, 2.45) is 10.8 Å². The second kappa shape index (κ2) is 6.46. The van der Waals surface area contributed by atoms with Gasteiger partial charge in [0.2, 0.25) is 0 Å². The second-order valence-electron chi connectivity index (χ2n) is 5.27. The van der Waals surface area contributed by atoms with Crippen LogP contribution in [-0.4, -0.2) is 12.3 Å². The summed E-state index contributed by atoms with van der Waals surface area (Å²) >= 11 is 6.34. The van der Waals surface area contributed by atoms with Crippen LogP contribution in [0.25, 0.3) is 0 Å². The molecule has 5 heteroatoms. The molecule has 1 aliphatic heterocycles. The zero-order valence-corrected chi connectivity index (χ0v) is 12.8. The van der Waals surface area contributed by atoms with Crippen molar-refractivity contribution in [1.29, 1.82) is 0 Å². The molecule has 0 fully saturated rings. The van der Waals surface area contributed by atoms with Gasteiger partial charge < -0.3 is 5.73 Å². The fraction of sp³-hybridized carbons (Fsp3) is 0.235. The van der Waals surface area contributed by atoms with Crippen LogP contribution in [0.4, 0.5) is 10.1 Å². The van der Waals surface area contributed by atoms with Gasteiger partial charge in [0.1, 0.15) is 5.82 Å². The second-order valence-corrected chi connectivity index (χ2v) is 5.67. The van der Waals surface area contributed by atoms with Crippen molar-refractivity contribution in [3.05, 3.63) is 64.9 Å². The van der Waals surface area contributed by atoms with E-state index in [0.717, 1.165) is 29.8 Å². The summed E-state index contributed by atoms with van der Waals surface area (Å²) in [4.78, 5) is 0. The van der Waals surface area contributed by atoms with E-state index in [4.69, 9.17) is 17.3 Å². The van der Waals surface area contributed by atoms with Gasteiger partial charge in [-0.05, 0) is 48.9 Å². The van der Waals surface area contributed by atoms with Gasteiger partial charge >= 0.3 is 0 Å². The topological polar surface area (TPSA) is 41.6 Å². The van der Waals surface area contributed by atoms with Crippen LogP contribution in [0.1, 0.15) is 24.4 Å². The summed E-state index contributed by atoms with van der Waals surface area (Å²) < 4.78 is 13.2. The fourth-order valence-electron chi connectivity index (χ4n) is 2.71. The molecule has 3 rings (SSSR count). The van der Waals surface area contributed by atoms with Crippen molar-refractivity contribution >= 4 is 23.0 Å². The SMILES string of the molecule is NCCC1=NN(c2ccc(F)cc2)C(c2ccccc2Cl)C1. The number of rotatable bonds is 4. The molecule has 0 amide bonds. The van der Waals surface area contributed by atoms with Crippen LogP contribution in [0.5, 0.6) is 0 Å². The summed E-state index contributed by atoms with van der Waals surface area (Å²) in [5.74, 6) is -0.261. The molecule has 2 aromatic rings. The largest absolute Gasteiger partial charge is 0.330 e. The van der Waals surface area contributed by atoms with E-state index < -0.39 is 0 Å². The molecule has 22 heavy (non-hydrogen) atoms. The molecular formula is C17H17ClFN3. The Bertz CT molecular complexity index is 685. The number of halogens is 2. The summed E-state index contributed by atoms with van der Waals surface area (Å²) in [5, 5.41) is 7.29. The van der Waals surface area contributed by atoms with Gasteiger partial charge in [-0.2, -0.15) is 5.10 Å². The first-order valence-corrected chi connectivity index (χ1v) is 7.62. The molecule has 2 N–H and O–H groups in total. The lowest BCUT2D eigenvalue weighted by atomic mass is 10.00. The van der Waals surface area contributed by atoms with Crippen molar-refractivity contribution in [2.75, 3.05) is 11.6 Å². The molecule has 0 aromatic heterocycles. The lowest BCUT2D eigenvalue weighted by Crippen LogP contribution is -2.18. The van der Waals surface area contributed by atoms with Crippen molar-refractivity contribution < 1.29 is 4.39 Å². The quantitative estimate of drug-likeness (QED) is 0.921. The van der Waals surface area contributed by atoms with Gasteiger partial charge in [0.05, 0.1) is 11.7 Å². The zero-order valence-electron chi connectivity index (χ0n) is 12.0. The van der Waals surface area contributed by atoms with Crippen LogP contribution in [0.15, 0.2) is 53.6 Å². The van der Waals surface area contributed by atoms with E-state index in [-0.39, 0.29) is 11.9 Å². The van der Waals surface area contributed by atoms with E-state index in [9.17, 15) is 4.39 Å². The van der Waals surface area contributed by atoms with Crippen molar-refractivity contribution in [1.82, 2.24) is 0 Å². The third kappa shape index (κ3) is 2.98. The third-order valence-electron chi connectivity index (χ3n) is 3.76. The summed E-state index contributed by atoms with van der Waals surface area (Å²) in [7, 11) is 0. The van der Waals surface area contributed by atoms with Crippen molar-refractivity contribution in [2.45, 2.75) is 18.9 Å². The zero-order chi connectivity index (χ0) is 15.5. The highest BCUT2D eigenvalue weighted by atomic mass is 35.5. The van der Waals surface area contributed by atoms with Crippen molar-refractivity contribution in [3.63, 3.8) is 0 Å². The average molecular weight is 318 g/mol. The molecule has 0 saturated carbocycles. The number of nitrogens with two attached hydrogens (primary N) is 1. The van der Waals surface area contributed by atoms with Crippen LogP contribution in [0, 0.1) is 5.82 Å². The molecule has 0 spiro atoms. The standard InChI is InChI=1S/C17H17ClFN3/c18-16-4-2-1-3-15(16)17-11-13(9-10-20)21-22(17)14-7-5-12(19)6-8-14/h1-8,17H,9-11,20H2. The smallest absolute Gasteiger partial charge is 0.123 e. The molecule has 1 unspecified atom stereocenters. The number of anilines is 1. The normalized spacial score (nSPS) is 17.7. The van der Waals surface area contributed by atoms with Crippen LogP contribution >= 0.6 is 11.6 Å². The Balaban J connectivity index is 1.98. The molecular weight excluding hydrogens is 301 g/mol. The van der Waals surface area contributed by atoms with Gasteiger partial charge in [-0.25, -0.2) is 4.39 Å². The predicted molar refractivity (Wildman–Crippen MR) is 88.8 cm³/mol. The molecule has 0 aliphatic carbocycles. The number of hydrazone groups is 1. The van der Waals surface area contributed by atoms with E-state index in [0.29, 0.717) is 11.6 Å². The van der Waals surface area contributed by atoms with Crippen molar-refractivity contribution in [3.8, 4) is 0 Å². The minimum atomic E-state index is -0.261. The van der Waals surface area contributed by atoms with Gasteiger partial charge in [-0.1, -0.05) is 29.8 Å². The van der Waals surface area contributed by atoms with E-state index in [2.05, 4.69) is 5.10 Å². The monoisotopic (exact) mass is 317 g/mol. The van der Waals surface area contributed by atoms with Crippen LogP contribution in [0.2, 0.25) is 5.02 Å². The highest BCUT2D eigenvalue weighted by Crippen LogP contribution is 2.38. The first-order chi connectivity index (χ1) is 10.7. The Morgan fingerprint density at radius 2 is 1.91 bits per heavy atom. The first-order valence-electron chi connectivity index (χ1n) is 7.24. The molecule has 0 bridgehead atoms. The van der Waals surface area contributed by atoms with Gasteiger partial charge in [0, 0.05) is 17.2 Å². The maximum Gasteiger partial charge on any atom is 0.123 e. The van der Waals surface area contributed by atoms with Gasteiger partial charge in [-0.3, -0.25) is 5.01 Å². The molecule has 1 heterocycles. The van der Waals surface area contributed by atoms with Crippen LogP contribution in [0.3, 0.4) is 0 Å². The third-order valence-corrected chi connectivity index (χ3v) is 4.11. The van der Waals surface area contributed by atoms with Gasteiger partial charge in [0.15, 0.2) is 0 Å². The summed E-state index contributed by atoms with van der Waals surface area (Å²) in [6, 6.07) is 14.1. The maximum atomic E-state index is 13.2. The number of benzene rings is 2. The Kier molecular flexibility index (Phi) is 4.41. The summed E-state index contributed by atoms with van der Waals surface area (Å²) in [6.07, 6.45) is 1.52. The number of hydrogen-bond acceptors (Lipinski definition) is 3. The Morgan fingerprint density at radius 1 is 1.18 bits per heavy atom. The van der Waals surface area contributed by atoms with E-state index in [1.807, 2.05) is 29.3 Å². The van der Waals surface area contributed by atoms with Crippen LogP contribution < -0.4 is 10.7 Å². The minimum Gasteiger partial charge on any atom is -0.330 e. The summed E-state index contributed by atoms with van der Waals surface area (Å²) in [6.45, 7) is 0.561. The average Bonchev–Trinajstić information content (AvgIpc) is 2.93. The van der Waals surface area contributed by atoms with E-state index in [1.165, 1.54) is 12.1 Å². The van der Waals surface area contributed by atoms with E-state index in [1.54, 1.807) is 12.1 Å². The Morgan fingerprint density at radius 3 is 2.59 bits per heavy atom. The van der Waals surface area contributed by atoms with E-state index >= 15 is 0 Å². The highest BCUT2D eigenvalue weighted by molar-refractivity contribution is 6.31. The summed E-state index contributed by atoms with van der Waals surface area (Å²) in [5.41, 5.74) is 8.55. The van der Waals surface area contributed by atoms with Gasteiger partial charge in [-0.15, -0.1) is 0 Å². The predicted octanol–water partition coefficient (Wildman–Crippen LogP) is 4.14. The molecule has 1 aliphatic rings. The number of hydrogen-bond donors (Lipinski definition) is 1. The Hall–Kier alpha value is -1.91. The molecule has 2 aromatic carbocycles. The highest BCUT2D eigenvalue weighted by Gasteiger charge is 2.30. The fourth-order valence-corrected chi connectivity index (χ4v) is 2.97. The molecule has 3 nitrogen and oxygen atoms in total. The maximum absolute atomic E-state index is 13.2. The van der Waals surface area contributed by atoms with Gasteiger partial charge in [0.25, 0.3) is 0 Å². The Labute approximate surface area is 134 Å². The lowest BCUT2D eigenvalue weighted by molar-refractivity contribution is 0.626. The van der Waals surface area contributed by atoms with Crippen LogP contribution in [-0.2, 0) is 0 Å². The first kappa shape index (κ1) is 15.0. The lowest BCUT2D eigenvalue weighted by Gasteiger charge is -2.24. The molecule has 1 atom stereocenters. The molecule has 0 saturated heterocycles.